The van der Waals surface area contributed by atoms with E-state index >= 15 is 0 Å². The molecule has 0 aromatic heterocycles. The Bertz CT molecular complexity index is 696. The fourth-order valence-corrected chi connectivity index (χ4v) is 3.73. The smallest absolute Gasteiger partial charge is 0.367 e. The lowest BCUT2D eigenvalue weighted by Crippen LogP contribution is -2.46. The second-order valence-electron chi connectivity index (χ2n) is 8.29. The lowest BCUT2D eigenvalue weighted by molar-refractivity contribution is -0.255. The summed E-state index contributed by atoms with van der Waals surface area (Å²) in [5, 5.41) is 0. The van der Waals surface area contributed by atoms with E-state index in [2.05, 4.69) is 0 Å². The molecular formula is C21H31F5N2O. The van der Waals surface area contributed by atoms with Gasteiger partial charge in [-0.1, -0.05) is 0 Å². The van der Waals surface area contributed by atoms with Crippen molar-refractivity contribution in [3.63, 3.8) is 0 Å². The number of nitrogens with zero attached hydrogens (tertiary/aromatic N) is 2. The number of Topliss-reactive ketones (excluding diaryl/α,β-unsaturated/α-hetero) is 1. The fourth-order valence-electron chi connectivity index (χ4n) is 3.73. The molecule has 1 rings (SSSR count). The molecule has 0 aliphatic heterocycles. The maximum Gasteiger partial charge on any atom is 0.461 e. The fraction of sp³-hybridized carbons (Fsp3) is 0.667. The third kappa shape index (κ3) is 5.20. The normalized spacial score (nSPS) is 13.0. The molecule has 0 fully saturated rings. The van der Waals surface area contributed by atoms with Crippen molar-refractivity contribution < 1.29 is 26.7 Å². The first-order valence-corrected chi connectivity index (χ1v) is 9.74. The van der Waals surface area contributed by atoms with E-state index in [1.165, 1.54) is 6.07 Å². The first kappa shape index (κ1) is 25.2. The van der Waals surface area contributed by atoms with E-state index in [1.54, 1.807) is 38.7 Å². The van der Waals surface area contributed by atoms with Crippen LogP contribution in [0, 0.1) is 0 Å². The van der Waals surface area contributed by atoms with Gasteiger partial charge in [-0.05, 0) is 73.6 Å². The van der Waals surface area contributed by atoms with Crippen molar-refractivity contribution in [3.05, 3.63) is 23.8 Å². The average Bonchev–Trinajstić information content (AvgIpc) is 2.52. The number of ketones is 1. The first-order chi connectivity index (χ1) is 13.0. The average molecular weight is 422 g/mol. The molecule has 0 N–H and O–H groups in total. The predicted octanol–water partition coefficient (Wildman–Crippen LogP) is 6.31. The van der Waals surface area contributed by atoms with Crippen molar-refractivity contribution in [2.45, 2.75) is 91.7 Å². The summed E-state index contributed by atoms with van der Waals surface area (Å²) in [4.78, 5) is 16.0. The maximum atomic E-state index is 14.0. The van der Waals surface area contributed by atoms with E-state index in [9.17, 15) is 26.7 Å². The van der Waals surface area contributed by atoms with Gasteiger partial charge in [-0.3, -0.25) is 4.79 Å². The van der Waals surface area contributed by atoms with Gasteiger partial charge in [0.1, 0.15) is 0 Å². The minimum absolute atomic E-state index is 0.0433. The van der Waals surface area contributed by atoms with Gasteiger partial charge >= 0.3 is 12.1 Å². The number of alkyl halides is 5. The Morgan fingerprint density at radius 2 is 1.17 bits per heavy atom. The Kier molecular flexibility index (Phi) is 7.71. The molecule has 0 spiro atoms. The molecule has 0 bridgehead atoms. The molecule has 0 heterocycles. The zero-order valence-corrected chi connectivity index (χ0v) is 18.2. The second kappa shape index (κ2) is 8.88. The molecular weight excluding hydrogens is 391 g/mol. The molecule has 3 nitrogen and oxygen atoms in total. The van der Waals surface area contributed by atoms with Gasteiger partial charge in [-0.25, -0.2) is 0 Å². The minimum Gasteiger partial charge on any atom is -0.367 e. The SMILES string of the molecule is CC(C)N(c1ccc(N(C(C)C)C(C)C)c(C(=O)C(F)(F)C(F)(F)F)c1)C(C)C. The van der Waals surface area contributed by atoms with Crippen LogP contribution in [0.2, 0.25) is 0 Å². The monoisotopic (exact) mass is 422 g/mol. The highest BCUT2D eigenvalue weighted by Crippen LogP contribution is 2.41. The lowest BCUT2D eigenvalue weighted by Gasteiger charge is -2.37. The number of anilines is 2. The molecule has 1 aromatic carbocycles. The molecule has 0 saturated heterocycles. The molecule has 166 valence electrons. The molecule has 0 aliphatic rings. The van der Waals surface area contributed by atoms with Crippen LogP contribution in [0.4, 0.5) is 33.3 Å². The summed E-state index contributed by atoms with van der Waals surface area (Å²) in [6, 6.07) is 3.78. The minimum atomic E-state index is -5.96. The number of benzene rings is 1. The van der Waals surface area contributed by atoms with E-state index in [0.29, 0.717) is 5.69 Å². The topological polar surface area (TPSA) is 23.6 Å². The first-order valence-electron chi connectivity index (χ1n) is 9.74. The molecule has 0 radical (unpaired) electrons. The van der Waals surface area contributed by atoms with E-state index in [-0.39, 0.29) is 29.9 Å². The Balaban J connectivity index is 3.78. The quantitative estimate of drug-likeness (QED) is 0.362. The van der Waals surface area contributed by atoms with Crippen LogP contribution in [0.3, 0.4) is 0 Å². The van der Waals surface area contributed by atoms with Crippen molar-refractivity contribution in [2.75, 3.05) is 9.80 Å². The lowest BCUT2D eigenvalue weighted by atomic mass is 9.98. The van der Waals surface area contributed by atoms with Crippen molar-refractivity contribution >= 4 is 17.2 Å². The van der Waals surface area contributed by atoms with Gasteiger partial charge in [0.2, 0.25) is 5.78 Å². The molecule has 0 amide bonds. The van der Waals surface area contributed by atoms with E-state index in [1.807, 2.05) is 32.6 Å². The number of rotatable bonds is 8. The van der Waals surface area contributed by atoms with E-state index < -0.39 is 23.4 Å². The zero-order valence-electron chi connectivity index (χ0n) is 18.2. The number of hydrogen-bond donors (Lipinski definition) is 0. The van der Waals surface area contributed by atoms with Crippen molar-refractivity contribution in [3.8, 4) is 0 Å². The summed E-state index contributed by atoms with van der Waals surface area (Å²) >= 11 is 0. The highest BCUT2D eigenvalue weighted by atomic mass is 19.4. The molecule has 0 saturated carbocycles. The predicted molar refractivity (Wildman–Crippen MR) is 107 cm³/mol. The van der Waals surface area contributed by atoms with Crippen LogP contribution in [0.5, 0.6) is 0 Å². The van der Waals surface area contributed by atoms with Crippen LogP contribution >= 0.6 is 0 Å². The Morgan fingerprint density at radius 1 is 0.759 bits per heavy atom. The van der Waals surface area contributed by atoms with Gasteiger partial charge in [0.05, 0.1) is 0 Å². The molecule has 0 unspecified atom stereocenters. The molecule has 0 aliphatic carbocycles. The second-order valence-corrected chi connectivity index (χ2v) is 8.29. The standard InChI is InChI=1S/C21H31F5N2O/c1-12(2)27(13(3)4)16-9-10-18(28(14(5)6)15(7)8)17(11-16)19(29)20(22,23)21(24,25)26/h9-15H,1-8H3. The van der Waals surface area contributed by atoms with E-state index in [4.69, 9.17) is 0 Å². The van der Waals surface area contributed by atoms with Gasteiger partial charge in [0, 0.05) is 41.1 Å². The van der Waals surface area contributed by atoms with Crippen LogP contribution in [-0.2, 0) is 0 Å². The number of carbonyl (C=O) groups excluding carboxylic acids is 1. The van der Waals surface area contributed by atoms with Gasteiger partial charge in [0.25, 0.3) is 0 Å². The number of hydrogen-bond acceptors (Lipinski definition) is 3. The van der Waals surface area contributed by atoms with Crippen molar-refractivity contribution in [1.82, 2.24) is 0 Å². The maximum absolute atomic E-state index is 14.0. The summed E-state index contributed by atoms with van der Waals surface area (Å²) in [5.41, 5.74) is -0.133. The van der Waals surface area contributed by atoms with Crippen LogP contribution in [0.15, 0.2) is 18.2 Å². The number of carbonyl (C=O) groups is 1. The Hall–Kier alpha value is -1.86. The largest absolute Gasteiger partial charge is 0.461 e. The summed E-state index contributed by atoms with van der Waals surface area (Å²) in [6.45, 7) is 14.7. The molecule has 29 heavy (non-hydrogen) atoms. The Labute approximate surface area is 169 Å². The molecule has 0 atom stereocenters. The molecule has 1 aromatic rings. The Morgan fingerprint density at radius 3 is 1.52 bits per heavy atom. The van der Waals surface area contributed by atoms with Gasteiger partial charge in [0.15, 0.2) is 0 Å². The zero-order chi connectivity index (χ0) is 22.9. The van der Waals surface area contributed by atoms with Gasteiger partial charge < -0.3 is 9.80 Å². The summed E-state index contributed by atoms with van der Waals surface area (Å²) < 4.78 is 66.8. The molecule has 8 heteroatoms. The van der Waals surface area contributed by atoms with Crippen molar-refractivity contribution in [2.24, 2.45) is 0 Å². The summed E-state index contributed by atoms with van der Waals surface area (Å²) in [6.07, 6.45) is -5.96. The highest BCUT2D eigenvalue weighted by Gasteiger charge is 2.63. The summed E-state index contributed by atoms with van der Waals surface area (Å²) in [5.74, 6) is -7.71. The highest BCUT2D eigenvalue weighted by molar-refractivity contribution is 6.07. The van der Waals surface area contributed by atoms with Crippen LogP contribution < -0.4 is 9.80 Å². The number of halogens is 5. The van der Waals surface area contributed by atoms with Crippen LogP contribution in [0.25, 0.3) is 0 Å². The van der Waals surface area contributed by atoms with Crippen LogP contribution in [-0.4, -0.2) is 42.0 Å². The third-order valence-electron chi connectivity index (χ3n) is 4.67. The van der Waals surface area contributed by atoms with Crippen molar-refractivity contribution in [1.29, 1.82) is 0 Å². The third-order valence-corrected chi connectivity index (χ3v) is 4.67. The van der Waals surface area contributed by atoms with Gasteiger partial charge in [-0.2, -0.15) is 22.0 Å². The van der Waals surface area contributed by atoms with Crippen LogP contribution in [0.1, 0.15) is 65.7 Å². The van der Waals surface area contributed by atoms with E-state index in [0.717, 1.165) is 6.07 Å². The summed E-state index contributed by atoms with van der Waals surface area (Å²) in [7, 11) is 0. The van der Waals surface area contributed by atoms with Gasteiger partial charge in [-0.15, -0.1) is 0 Å².